The molecule has 0 fully saturated rings. The lowest BCUT2D eigenvalue weighted by Crippen LogP contribution is -1.87. The molecule has 0 aliphatic heterocycles. The van der Waals surface area contributed by atoms with Crippen LogP contribution in [0.2, 0.25) is 0 Å². The third kappa shape index (κ3) is 2.11. The van der Waals surface area contributed by atoms with Crippen LogP contribution in [-0.4, -0.2) is 10.0 Å². The maximum atomic E-state index is 10.5. The molecule has 0 bridgehead atoms. The maximum absolute atomic E-state index is 10.5. The van der Waals surface area contributed by atoms with Crippen molar-refractivity contribution in [1.29, 1.82) is 0 Å². The normalized spacial score (nSPS) is 10.2. The summed E-state index contributed by atoms with van der Waals surface area (Å²) in [6, 6.07) is 2.88. The number of aromatic hydroxyl groups is 1. The number of halogens is 1. The smallest absolute Gasteiger partial charge is 0.344 e. The van der Waals surface area contributed by atoms with Crippen LogP contribution in [0.25, 0.3) is 0 Å². The number of nitrogens with zero attached hydrogens (tertiary/aromatic N) is 1. The van der Waals surface area contributed by atoms with Crippen LogP contribution in [0.5, 0.6) is 5.75 Å². The molecule has 0 spiro atoms. The molecule has 70 valence electrons. The summed E-state index contributed by atoms with van der Waals surface area (Å²) >= 11 is -3.75. The minimum atomic E-state index is -3.75. The zero-order chi connectivity index (χ0) is 10.0. The molecule has 0 amide bonds. The first-order valence-electron chi connectivity index (χ1n) is 3.05. The number of benzene rings is 1. The van der Waals surface area contributed by atoms with Crippen LogP contribution in [0.3, 0.4) is 0 Å². The SMILES string of the molecule is O=[N+]([O-])c1ccc(I(=O)=O)c(O)c1. The number of hydrogen-bond donors (Lipinski definition) is 1. The average molecular weight is 297 g/mol. The molecule has 1 aromatic rings. The first-order valence-corrected chi connectivity index (χ1v) is 5.89. The molecule has 13 heavy (non-hydrogen) atoms. The van der Waals surface area contributed by atoms with Crippen LogP contribution in [0.4, 0.5) is 5.69 Å². The monoisotopic (exact) mass is 297 g/mol. The second-order valence-electron chi connectivity index (χ2n) is 2.11. The molecule has 6 nitrogen and oxygen atoms in total. The Balaban J connectivity index is 3.28. The van der Waals surface area contributed by atoms with E-state index in [1.807, 2.05) is 0 Å². The predicted molar refractivity (Wildman–Crippen MR) is 48.9 cm³/mol. The Bertz CT molecular complexity index is 417. The molecular weight excluding hydrogens is 293 g/mol. The molecule has 7 heteroatoms. The molecule has 0 unspecified atom stereocenters. The molecular formula is C6H4INO5. The number of rotatable bonds is 2. The molecule has 1 rings (SSSR count). The van der Waals surface area contributed by atoms with E-state index in [2.05, 4.69) is 0 Å². The van der Waals surface area contributed by atoms with Crippen molar-refractivity contribution in [2.45, 2.75) is 0 Å². The molecule has 0 heterocycles. The molecule has 0 radical (unpaired) electrons. The topological polar surface area (TPSA) is 97.5 Å². The number of phenolic OH excluding ortho intramolecular Hbond substituents is 1. The Morgan fingerprint density at radius 3 is 2.38 bits per heavy atom. The fourth-order valence-electron chi connectivity index (χ4n) is 0.745. The van der Waals surface area contributed by atoms with Crippen LogP contribution in [0.1, 0.15) is 0 Å². The van der Waals surface area contributed by atoms with Gasteiger partial charge in [-0.25, -0.2) is 6.14 Å². The lowest BCUT2D eigenvalue weighted by molar-refractivity contribution is -0.384. The summed E-state index contributed by atoms with van der Waals surface area (Å²) in [6.45, 7) is 0. The quantitative estimate of drug-likeness (QED) is 0.508. The van der Waals surface area contributed by atoms with E-state index >= 15 is 0 Å². The summed E-state index contributed by atoms with van der Waals surface area (Å²) in [4.78, 5) is 9.47. The predicted octanol–water partition coefficient (Wildman–Crippen LogP) is 1.67. The van der Waals surface area contributed by atoms with E-state index in [9.17, 15) is 16.3 Å². The summed E-state index contributed by atoms with van der Waals surface area (Å²) in [5.41, 5.74) is -0.334. The van der Waals surface area contributed by atoms with E-state index < -0.39 is 30.5 Å². The van der Waals surface area contributed by atoms with Crippen molar-refractivity contribution in [3.8, 4) is 5.75 Å². The van der Waals surface area contributed by atoms with Gasteiger partial charge in [0.1, 0.15) is 9.32 Å². The Labute approximate surface area is 79.5 Å². The van der Waals surface area contributed by atoms with Gasteiger partial charge in [0.2, 0.25) is 0 Å². The molecule has 0 atom stereocenters. The van der Waals surface area contributed by atoms with Gasteiger partial charge in [0, 0.05) is 6.07 Å². The van der Waals surface area contributed by atoms with Crippen molar-refractivity contribution < 1.29 is 16.2 Å². The van der Waals surface area contributed by atoms with Gasteiger partial charge in [-0.15, -0.1) is 0 Å². The van der Waals surface area contributed by atoms with Gasteiger partial charge in [-0.1, -0.05) is 0 Å². The van der Waals surface area contributed by atoms with Gasteiger partial charge in [-0.3, -0.25) is 10.1 Å². The van der Waals surface area contributed by atoms with Crippen LogP contribution in [0.15, 0.2) is 18.2 Å². The summed E-state index contributed by atoms with van der Waals surface area (Å²) in [6.07, 6.45) is 0. The number of nitro groups is 1. The molecule has 0 aromatic heterocycles. The third-order valence-corrected chi connectivity index (χ3v) is 3.17. The highest BCUT2D eigenvalue weighted by Gasteiger charge is 2.12. The summed E-state index contributed by atoms with van der Waals surface area (Å²) in [7, 11) is 0. The zero-order valence-electron chi connectivity index (χ0n) is 6.14. The lowest BCUT2D eigenvalue weighted by Gasteiger charge is -1.94. The van der Waals surface area contributed by atoms with Gasteiger partial charge in [-0.05, 0) is 6.07 Å². The minimum Gasteiger partial charge on any atom is -0.506 e. The number of non-ortho nitro benzene ring substituents is 1. The van der Waals surface area contributed by atoms with Crippen LogP contribution < -0.4 is 0 Å². The van der Waals surface area contributed by atoms with E-state index in [1.165, 1.54) is 0 Å². The minimum absolute atomic E-state index is 0.227. The second kappa shape index (κ2) is 3.64. The zero-order valence-corrected chi connectivity index (χ0v) is 8.29. The van der Waals surface area contributed by atoms with Crippen molar-refractivity contribution in [2.75, 3.05) is 0 Å². The van der Waals surface area contributed by atoms with E-state index in [4.69, 9.17) is 5.11 Å². The van der Waals surface area contributed by atoms with Crippen molar-refractivity contribution >= 4 is 25.5 Å². The van der Waals surface area contributed by atoms with Crippen LogP contribution >= 0.6 is 19.8 Å². The largest absolute Gasteiger partial charge is 0.506 e. The first-order chi connectivity index (χ1) is 6.02. The molecule has 0 saturated carbocycles. The Morgan fingerprint density at radius 1 is 1.38 bits per heavy atom. The first kappa shape index (κ1) is 9.84. The second-order valence-corrected chi connectivity index (χ2v) is 4.51. The molecule has 0 aliphatic rings. The number of phenols is 1. The Morgan fingerprint density at radius 2 is 2.00 bits per heavy atom. The van der Waals surface area contributed by atoms with Gasteiger partial charge in [0.25, 0.3) is 5.69 Å². The molecule has 0 saturated heterocycles. The summed E-state index contributed by atoms with van der Waals surface area (Å²) in [5, 5.41) is 19.2. The van der Waals surface area contributed by atoms with Crippen molar-refractivity contribution in [3.63, 3.8) is 0 Å². The fraction of sp³-hybridized carbons (Fsp3) is 0. The van der Waals surface area contributed by atoms with Crippen LogP contribution in [0, 0.1) is 13.7 Å². The molecule has 1 aromatic carbocycles. The van der Waals surface area contributed by atoms with Crippen LogP contribution in [-0.2, 0) is 6.14 Å². The van der Waals surface area contributed by atoms with E-state index in [1.54, 1.807) is 0 Å². The number of hydrogen-bond acceptors (Lipinski definition) is 5. The third-order valence-electron chi connectivity index (χ3n) is 1.31. The molecule has 1 N–H and O–H groups in total. The van der Waals surface area contributed by atoms with Crippen molar-refractivity contribution in [3.05, 3.63) is 31.9 Å². The maximum Gasteiger partial charge on any atom is 0.344 e. The van der Waals surface area contributed by atoms with Gasteiger partial charge in [-0.2, -0.15) is 0 Å². The van der Waals surface area contributed by atoms with E-state index in [0.717, 1.165) is 18.2 Å². The van der Waals surface area contributed by atoms with Gasteiger partial charge in [0.05, 0.1) is 11.0 Å². The molecule has 0 aliphatic carbocycles. The number of nitro benzene ring substituents is 1. The van der Waals surface area contributed by atoms with Gasteiger partial charge < -0.3 is 5.11 Å². The Hall–Kier alpha value is -1.25. The van der Waals surface area contributed by atoms with Crippen molar-refractivity contribution in [1.82, 2.24) is 0 Å². The summed E-state index contributed by atoms with van der Waals surface area (Å²) in [5.74, 6) is -0.565. The highest BCUT2D eigenvalue weighted by Crippen LogP contribution is 2.30. The van der Waals surface area contributed by atoms with E-state index in [-0.39, 0.29) is 9.26 Å². The van der Waals surface area contributed by atoms with Crippen molar-refractivity contribution in [2.24, 2.45) is 0 Å². The average Bonchev–Trinajstić information content (AvgIpc) is 2.03. The van der Waals surface area contributed by atoms with Gasteiger partial charge >= 0.3 is 19.8 Å². The highest BCUT2D eigenvalue weighted by molar-refractivity contribution is 14.2. The van der Waals surface area contributed by atoms with E-state index in [0.29, 0.717) is 0 Å². The van der Waals surface area contributed by atoms with Gasteiger partial charge in [0.15, 0.2) is 0 Å². The highest BCUT2D eigenvalue weighted by atomic mass is 127. The summed E-state index contributed by atoms with van der Waals surface area (Å²) < 4.78 is 20.8. The fourth-order valence-corrected chi connectivity index (χ4v) is 1.83. The Kier molecular flexibility index (Phi) is 2.76. The standard InChI is InChI=1S/C6H4INO5/c9-6-3-4(8(12)13)1-2-5(6)7(10)11/h1-3,9H. The lowest BCUT2D eigenvalue weighted by atomic mass is 10.3.